The first kappa shape index (κ1) is 24.6. The van der Waals surface area contributed by atoms with E-state index < -0.39 is 17.7 Å². The molecule has 0 atom stereocenters. The molecule has 2 fully saturated rings. The van der Waals surface area contributed by atoms with Gasteiger partial charge in [0.25, 0.3) is 0 Å². The summed E-state index contributed by atoms with van der Waals surface area (Å²) in [7, 11) is 0. The van der Waals surface area contributed by atoms with Crippen molar-refractivity contribution in [3.8, 4) is 0 Å². The Hall–Kier alpha value is -2.50. The average molecular weight is 471 g/mol. The molecule has 2 saturated carbocycles. The fraction of sp³-hybridized carbons (Fsp3) is 0.643. The van der Waals surface area contributed by atoms with Crippen molar-refractivity contribution in [2.24, 2.45) is 11.8 Å². The molecule has 0 unspecified atom stereocenters. The second-order valence-corrected chi connectivity index (χ2v) is 9.94. The van der Waals surface area contributed by atoms with Gasteiger partial charge in [0.1, 0.15) is 12.0 Å². The first-order valence-electron chi connectivity index (χ1n) is 13.1. The SMILES string of the molecule is O=C(OCCC1CCCCC1)C1(C(=O)OCCC2CCCCC2)OC=C(Cc2ccccc2)O1. The van der Waals surface area contributed by atoms with Crippen LogP contribution in [0, 0.1) is 11.8 Å². The summed E-state index contributed by atoms with van der Waals surface area (Å²) in [5.41, 5.74) is 0.990. The van der Waals surface area contributed by atoms with E-state index in [1.165, 1.54) is 70.5 Å². The number of allylic oxidation sites excluding steroid dienone is 1. The standard InChI is InChI=1S/C28H38O6/c29-26(31-18-16-22-10-4-1-5-11-22)28(27(30)32-19-17-23-12-6-2-7-13-23)33-21-25(34-28)20-24-14-8-3-9-15-24/h3,8-9,14-15,21-23H,1-2,4-7,10-13,16-20H2. The van der Waals surface area contributed by atoms with Crippen LogP contribution in [0.2, 0.25) is 0 Å². The van der Waals surface area contributed by atoms with E-state index in [9.17, 15) is 9.59 Å². The Morgan fingerprint density at radius 3 is 1.85 bits per heavy atom. The maximum absolute atomic E-state index is 13.1. The van der Waals surface area contributed by atoms with Crippen molar-refractivity contribution in [2.45, 2.75) is 89.3 Å². The molecule has 34 heavy (non-hydrogen) atoms. The zero-order chi connectivity index (χ0) is 23.6. The highest BCUT2D eigenvalue weighted by atomic mass is 16.8. The molecular weight excluding hydrogens is 432 g/mol. The van der Waals surface area contributed by atoms with E-state index in [0.717, 1.165) is 18.4 Å². The number of esters is 2. The van der Waals surface area contributed by atoms with Crippen molar-refractivity contribution in [1.29, 1.82) is 0 Å². The summed E-state index contributed by atoms with van der Waals surface area (Å²) in [5, 5.41) is 0. The third-order valence-electron chi connectivity index (χ3n) is 7.36. The van der Waals surface area contributed by atoms with Crippen LogP contribution in [0.15, 0.2) is 42.4 Å². The lowest BCUT2D eigenvalue weighted by Gasteiger charge is -2.26. The molecule has 0 saturated heterocycles. The van der Waals surface area contributed by atoms with E-state index in [1.807, 2.05) is 30.3 Å². The van der Waals surface area contributed by atoms with Gasteiger partial charge in [-0.25, -0.2) is 9.59 Å². The lowest BCUT2D eigenvalue weighted by Crippen LogP contribution is -2.50. The van der Waals surface area contributed by atoms with Crippen LogP contribution in [0.4, 0.5) is 0 Å². The maximum Gasteiger partial charge on any atom is 0.452 e. The van der Waals surface area contributed by atoms with Gasteiger partial charge in [0.2, 0.25) is 0 Å². The third-order valence-corrected chi connectivity index (χ3v) is 7.36. The van der Waals surface area contributed by atoms with E-state index >= 15 is 0 Å². The molecule has 4 rings (SSSR count). The molecule has 0 amide bonds. The minimum Gasteiger partial charge on any atom is -0.459 e. The number of ether oxygens (including phenoxy) is 4. The second-order valence-electron chi connectivity index (χ2n) is 9.94. The zero-order valence-electron chi connectivity index (χ0n) is 20.2. The van der Waals surface area contributed by atoms with Gasteiger partial charge < -0.3 is 18.9 Å². The van der Waals surface area contributed by atoms with Crippen LogP contribution in [0.25, 0.3) is 0 Å². The molecule has 0 bridgehead atoms. The quantitative estimate of drug-likeness (QED) is 0.316. The highest BCUT2D eigenvalue weighted by molar-refractivity contribution is 6.02. The van der Waals surface area contributed by atoms with Crippen LogP contribution in [0.1, 0.15) is 82.6 Å². The Kier molecular flexibility index (Phi) is 8.89. The average Bonchev–Trinajstić information content (AvgIpc) is 3.31. The molecule has 0 N–H and O–H groups in total. The summed E-state index contributed by atoms with van der Waals surface area (Å²) >= 11 is 0. The largest absolute Gasteiger partial charge is 0.459 e. The molecule has 1 aromatic rings. The summed E-state index contributed by atoms with van der Waals surface area (Å²) in [5.74, 6) is -2.33. The van der Waals surface area contributed by atoms with Crippen molar-refractivity contribution in [2.75, 3.05) is 13.2 Å². The normalized spacial score (nSPS) is 20.6. The molecule has 2 aliphatic carbocycles. The molecule has 6 heteroatoms. The van der Waals surface area contributed by atoms with Crippen molar-refractivity contribution >= 4 is 11.9 Å². The van der Waals surface area contributed by atoms with Crippen molar-refractivity contribution in [3.63, 3.8) is 0 Å². The van der Waals surface area contributed by atoms with Crippen molar-refractivity contribution in [1.82, 2.24) is 0 Å². The number of carbonyl (C=O) groups excluding carboxylic acids is 2. The van der Waals surface area contributed by atoms with E-state index in [4.69, 9.17) is 18.9 Å². The predicted octanol–water partition coefficient (Wildman–Crippen LogP) is 5.84. The topological polar surface area (TPSA) is 71.1 Å². The Morgan fingerprint density at radius 1 is 0.794 bits per heavy atom. The summed E-state index contributed by atoms with van der Waals surface area (Å²) in [4.78, 5) is 26.2. The monoisotopic (exact) mass is 470 g/mol. The molecule has 3 aliphatic rings. The Labute approximate surface area is 203 Å². The van der Waals surface area contributed by atoms with Crippen LogP contribution in [-0.4, -0.2) is 30.9 Å². The van der Waals surface area contributed by atoms with Gasteiger partial charge in [0, 0.05) is 6.42 Å². The van der Waals surface area contributed by atoms with Gasteiger partial charge in [-0.1, -0.05) is 94.5 Å². The highest BCUT2D eigenvalue weighted by Gasteiger charge is 2.58. The van der Waals surface area contributed by atoms with Crippen LogP contribution >= 0.6 is 0 Å². The summed E-state index contributed by atoms with van der Waals surface area (Å²) in [6, 6.07) is 9.70. The predicted molar refractivity (Wildman–Crippen MR) is 127 cm³/mol. The van der Waals surface area contributed by atoms with Gasteiger partial charge in [-0.2, -0.15) is 0 Å². The number of hydrogen-bond donors (Lipinski definition) is 0. The van der Waals surface area contributed by atoms with Crippen molar-refractivity contribution < 1.29 is 28.5 Å². The van der Waals surface area contributed by atoms with E-state index in [0.29, 0.717) is 24.0 Å². The van der Waals surface area contributed by atoms with E-state index in [2.05, 4.69) is 0 Å². The lowest BCUT2D eigenvalue weighted by atomic mass is 9.87. The number of hydrogen-bond acceptors (Lipinski definition) is 6. The highest BCUT2D eigenvalue weighted by Crippen LogP contribution is 2.32. The van der Waals surface area contributed by atoms with Crippen LogP contribution in [-0.2, 0) is 35.0 Å². The first-order valence-corrected chi connectivity index (χ1v) is 13.1. The second kappa shape index (κ2) is 12.3. The molecule has 1 aromatic carbocycles. The molecular formula is C28H38O6. The lowest BCUT2D eigenvalue weighted by molar-refractivity contribution is -0.219. The van der Waals surface area contributed by atoms with Crippen LogP contribution in [0.3, 0.4) is 0 Å². The molecule has 0 spiro atoms. The minimum absolute atomic E-state index is 0.251. The van der Waals surface area contributed by atoms with Crippen LogP contribution < -0.4 is 0 Å². The Bertz CT molecular complexity index is 785. The number of rotatable bonds is 10. The molecule has 186 valence electrons. The zero-order valence-corrected chi connectivity index (χ0v) is 20.2. The van der Waals surface area contributed by atoms with Gasteiger partial charge in [-0.3, -0.25) is 0 Å². The summed E-state index contributed by atoms with van der Waals surface area (Å²) < 4.78 is 22.5. The fourth-order valence-corrected chi connectivity index (χ4v) is 5.30. The van der Waals surface area contributed by atoms with Crippen LogP contribution in [0.5, 0.6) is 0 Å². The minimum atomic E-state index is -2.21. The summed E-state index contributed by atoms with van der Waals surface area (Å²) in [6.07, 6.45) is 15.5. The van der Waals surface area contributed by atoms with Crippen molar-refractivity contribution in [3.05, 3.63) is 47.9 Å². The fourth-order valence-electron chi connectivity index (χ4n) is 5.30. The maximum atomic E-state index is 13.1. The molecule has 1 aliphatic heterocycles. The van der Waals surface area contributed by atoms with E-state index in [1.54, 1.807) is 0 Å². The molecule has 6 nitrogen and oxygen atoms in total. The molecule has 0 radical (unpaired) electrons. The molecule has 0 aromatic heterocycles. The third kappa shape index (κ3) is 6.55. The van der Waals surface area contributed by atoms with Gasteiger partial charge in [0.15, 0.2) is 0 Å². The first-order chi connectivity index (χ1) is 16.7. The van der Waals surface area contributed by atoms with E-state index in [-0.39, 0.29) is 13.2 Å². The van der Waals surface area contributed by atoms with Gasteiger partial charge >= 0.3 is 17.7 Å². The Balaban J connectivity index is 1.35. The molecule has 1 heterocycles. The number of carbonyl (C=O) groups is 2. The van der Waals surface area contributed by atoms with Gasteiger partial charge in [0.05, 0.1) is 13.2 Å². The smallest absolute Gasteiger partial charge is 0.452 e. The van der Waals surface area contributed by atoms with Gasteiger partial charge in [-0.15, -0.1) is 0 Å². The number of benzene rings is 1. The van der Waals surface area contributed by atoms with Gasteiger partial charge in [-0.05, 0) is 30.2 Å². The summed E-state index contributed by atoms with van der Waals surface area (Å²) in [6.45, 7) is 0.503. The Morgan fingerprint density at radius 2 is 1.32 bits per heavy atom.